The molecule has 0 fully saturated rings. The molecule has 25 heavy (non-hydrogen) atoms. The van der Waals surface area contributed by atoms with Gasteiger partial charge in [-0.25, -0.2) is 13.6 Å². The number of carbonyl (C=O) groups excluding carboxylic acids is 1. The lowest BCUT2D eigenvalue weighted by Gasteiger charge is -2.10. The number of carbonyl (C=O) groups is 1. The van der Waals surface area contributed by atoms with Crippen LogP contribution in [0.3, 0.4) is 0 Å². The fourth-order valence-electron chi connectivity index (χ4n) is 2.04. The molecule has 0 amide bonds. The molecular formula is C17H11BrF2N2O3. The molecule has 8 heteroatoms. The van der Waals surface area contributed by atoms with Crippen molar-refractivity contribution in [3.05, 3.63) is 70.0 Å². The van der Waals surface area contributed by atoms with Gasteiger partial charge in [0.25, 0.3) is 5.89 Å². The SMILES string of the molecule is C[C@H](OC(=O)c1cc(F)ccc1Br)c1nnc(-c2ccc(F)cc2)o1. The minimum atomic E-state index is -0.843. The standard InChI is InChI=1S/C17H11BrF2N2O3/c1-9(24-17(23)13-8-12(20)6-7-14(13)18)15-21-22-16(25-15)10-2-4-11(19)5-3-10/h2-9H,1H3/t9-/m0/s1. The summed E-state index contributed by atoms with van der Waals surface area (Å²) in [7, 11) is 0. The summed E-state index contributed by atoms with van der Waals surface area (Å²) < 4.78 is 37.3. The van der Waals surface area contributed by atoms with E-state index in [4.69, 9.17) is 9.15 Å². The summed E-state index contributed by atoms with van der Waals surface area (Å²) >= 11 is 3.17. The third kappa shape index (κ3) is 3.90. The minimum Gasteiger partial charge on any atom is -0.449 e. The van der Waals surface area contributed by atoms with E-state index in [1.54, 1.807) is 6.92 Å². The first-order valence-corrected chi connectivity index (χ1v) is 7.98. The zero-order valence-corrected chi connectivity index (χ0v) is 14.5. The summed E-state index contributed by atoms with van der Waals surface area (Å²) in [5.41, 5.74) is 0.580. The summed E-state index contributed by atoms with van der Waals surface area (Å²) in [6.45, 7) is 1.55. The Balaban J connectivity index is 1.75. The zero-order chi connectivity index (χ0) is 18.0. The molecule has 0 saturated heterocycles. The van der Waals surface area contributed by atoms with Crippen LogP contribution in [-0.2, 0) is 4.74 Å². The Morgan fingerprint density at radius 3 is 2.52 bits per heavy atom. The van der Waals surface area contributed by atoms with Crippen LogP contribution < -0.4 is 0 Å². The van der Waals surface area contributed by atoms with Gasteiger partial charge in [0, 0.05) is 10.0 Å². The molecule has 0 radical (unpaired) electrons. The van der Waals surface area contributed by atoms with Crippen molar-refractivity contribution in [3.8, 4) is 11.5 Å². The van der Waals surface area contributed by atoms with Gasteiger partial charge in [0.2, 0.25) is 5.89 Å². The molecule has 0 aliphatic heterocycles. The molecule has 1 atom stereocenters. The fourth-order valence-corrected chi connectivity index (χ4v) is 2.44. The number of halogens is 3. The Morgan fingerprint density at radius 2 is 1.80 bits per heavy atom. The Kier molecular flexibility index (Phi) is 4.89. The van der Waals surface area contributed by atoms with E-state index in [-0.39, 0.29) is 23.2 Å². The van der Waals surface area contributed by atoms with Crippen LogP contribution in [0.5, 0.6) is 0 Å². The molecule has 0 saturated carbocycles. The third-order valence-corrected chi connectivity index (χ3v) is 4.00. The Hall–Kier alpha value is -2.61. The van der Waals surface area contributed by atoms with Crippen molar-refractivity contribution >= 4 is 21.9 Å². The molecule has 128 valence electrons. The lowest BCUT2D eigenvalue weighted by Crippen LogP contribution is -2.10. The normalized spacial score (nSPS) is 12.0. The molecule has 2 aromatic carbocycles. The van der Waals surface area contributed by atoms with Crippen LogP contribution in [-0.4, -0.2) is 16.2 Å². The average molecular weight is 409 g/mol. The van der Waals surface area contributed by atoms with Gasteiger partial charge < -0.3 is 9.15 Å². The Morgan fingerprint density at radius 1 is 1.12 bits per heavy atom. The number of rotatable bonds is 4. The van der Waals surface area contributed by atoms with Gasteiger partial charge in [-0.05, 0) is 65.3 Å². The highest BCUT2D eigenvalue weighted by atomic mass is 79.9. The summed E-state index contributed by atoms with van der Waals surface area (Å²) in [4.78, 5) is 12.2. The number of esters is 1. The quantitative estimate of drug-likeness (QED) is 0.585. The maximum Gasteiger partial charge on any atom is 0.340 e. The summed E-state index contributed by atoms with van der Waals surface area (Å²) in [6, 6.07) is 9.22. The minimum absolute atomic E-state index is 0.0464. The second-order valence-electron chi connectivity index (χ2n) is 5.12. The van der Waals surface area contributed by atoms with Crippen LogP contribution in [0.15, 0.2) is 51.4 Å². The number of hydrogen-bond donors (Lipinski definition) is 0. The van der Waals surface area contributed by atoms with E-state index in [1.807, 2.05) is 0 Å². The molecule has 5 nitrogen and oxygen atoms in total. The van der Waals surface area contributed by atoms with Crippen molar-refractivity contribution in [3.63, 3.8) is 0 Å². The van der Waals surface area contributed by atoms with Crippen molar-refractivity contribution < 1.29 is 22.7 Å². The van der Waals surface area contributed by atoms with Crippen LogP contribution in [0.1, 0.15) is 29.3 Å². The molecule has 1 aromatic heterocycles. The number of ether oxygens (including phenoxy) is 1. The van der Waals surface area contributed by atoms with Gasteiger partial charge in [0.1, 0.15) is 11.6 Å². The first kappa shape index (κ1) is 17.2. The Bertz CT molecular complexity index is 913. The maximum absolute atomic E-state index is 13.3. The van der Waals surface area contributed by atoms with Crippen LogP contribution >= 0.6 is 15.9 Å². The fraction of sp³-hybridized carbons (Fsp3) is 0.118. The predicted octanol–water partition coefficient (Wildman–Crippen LogP) is 4.70. The van der Waals surface area contributed by atoms with Gasteiger partial charge in [-0.15, -0.1) is 10.2 Å². The molecule has 0 spiro atoms. The van der Waals surface area contributed by atoms with Crippen LogP contribution in [0.25, 0.3) is 11.5 Å². The molecule has 1 heterocycles. The molecule has 3 aromatic rings. The molecule has 0 bridgehead atoms. The number of nitrogens with zero attached hydrogens (tertiary/aromatic N) is 2. The van der Waals surface area contributed by atoms with Crippen molar-refractivity contribution in [1.82, 2.24) is 10.2 Å². The first-order valence-electron chi connectivity index (χ1n) is 7.19. The van der Waals surface area contributed by atoms with Gasteiger partial charge in [-0.3, -0.25) is 0 Å². The van der Waals surface area contributed by atoms with Gasteiger partial charge in [0.05, 0.1) is 5.56 Å². The lowest BCUT2D eigenvalue weighted by atomic mass is 10.2. The van der Waals surface area contributed by atoms with E-state index >= 15 is 0 Å². The highest BCUT2D eigenvalue weighted by molar-refractivity contribution is 9.10. The zero-order valence-electron chi connectivity index (χ0n) is 12.9. The number of aromatic nitrogens is 2. The predicted molar refractivity (Wildman–Crippen MR) is 87.6 cm³/mol. The van der Waals surface area contributed by atoms with Crippen molar-refractivity contribution in [2.24, 2.45) is 0 Å². The summed E-state index contributed by atoms with van der Waals surface area (Å²) in [5, 5.41) is 7.68. The van der Waals surface area contributed by atoms with Gasteiger partial charge in [-0.1, -0.05) is 0 Å². The smallest absolute Gasteiger partial charge is 0.340 e. The number of benzene rings is 2. The van der Waals surface area contributed by atoms with Gasteiger partial charge >= 0.3 is 5.97 Å². The van der Waals surface area contributed by atoms with E-state index < -0.39 is 17.9 Å². The van der Waals surface area contributed by atoms with E-state index in [0.717, 1.165) is 6.07 Å². The molecule has 3 rings (SSSR count). The van der Waals surface area contributed by atoms with Gasteiger partial charge in [-0.2, -0.15) is 0 Å². The largest absolute Gasteiger partial charge is 0.449 e. The van der Waals surface area contributed by atoms with Crippen molar-refractivity contribution in [2.75, 3.05) is 0 Å². The van der Waals surface area contributed by atoms with Crippen LogP contribution in [0.2, 0.25) is 0 Å². The van der Waals surface area contributed by atoms with E-state index in [2.05, 4.69) is 26.1 Å². The molecule has 0 unspecified atom stereocenters. The molecular weight excluding hydrogens is 398 g/mol. The highest BCUT2D eigenvalue weighted by Gasteiger charge is 2.21. The van der Waals surface area contributed by atoms with E-state index in [9.17, 15) is 13.6 Å². The van der Waals surface area contributed by atoms with Crippen LogP contribution in [0.4, 0.5) is 8.78 Å². The van der Waals surface area contributed by atoms with Crippen molar-refractivity contribution in [2.45, 2.75) is 13.0 Å². The second kappa shape index (κ2) is 7.10. The molecule has 0 N–H and O–H groups in total. The molecule has 0 aliphatic rings. The van der Waals surface area contributed by atoms with Crippen LogP contribution in [0, 0.1) is 11.6 Å². The first-order chi connectivity index (χ1) is 11.9. The van der Waals surface area contributed by atoms with Crippen molar-refractivity contribution in [1.29, 1.82) is 0 Å². The highest BCUT2D eigenvalue weighted by Crippen LogP contribution is 2.25. The average Bonchev–Trinajstić information content (AvgIpc) is 3.07. The molecule has 0 aliphatic carbocycles. The summed E-state index contributed by atoms with van der Waals surface area (Å²) in [6.07, 6.45) is -0.843. The third-order valence-electron chi connectivity index (χ3n) is 3.31. The van der Waals surface area contributed by atoms with E-state index in [1.165, 1.54) is 36.4 Å². The topological polar surface area (TPSA) is 65.2 Å². The number of hydrogen-bond acceptors (Lipinski definition) is 5. The summed E-state index contributed by atoms with van der Waals surface area (Å²) in [5.74, 6) is -1.43. The second-order valence-corrected chi connectivity index (χ2v) is 5.98. The van der Waals surface area contributed by atoms with E-state index in [0.29, 0.717) is 10.0 Å². The maximum atomic E-state index is 13.3. The lowest BCUT2D eigenvalue weighted by molar-refractivity contribution is 0.0278. The van der Waals surface area contributed by atoms with Gasteiger partial charge in [0.15, 0.2) is 6.10 Å². The Labute approximate surface area is 149 Å². The monoisotopic (exact) mass is 408 g/mol.